The van der Waals surface area contributed by atoms with Crippen LogP contribution in [0.25, 0.3) is 0 Å². The Bertz CT molecular complexity index is 143. The number of nitrogens with zero attached hydrogens (tertiary/aromatic N) is 1. The van der Waals surface area contributed by atoms with E-state index in [0.717, 1.165) is 5.92 Å². The lowest BCUT2D eigenvalue weighted by molar-refractivity contribution is 0.116. The van der Waals surface area contributed by atoms with Crippen LogP contribution >= 0.6 is 0 Å². The summed E-state index contributed by atoms with van der Waals surface area (Å²) < 4.78 is 0. The van der Waals surface area contributed by atoms with E-state index in [-0.39, 0.29) is 0 Å². The second-order valence-corrected chi connectivity index (χ2v) is 4.81. The maximum atomic E-state index is 5.99. The highest BCUT2D eigenvalue weighted by Crippen LogP contribution is 2.19. The Hall–Kier alpha value is -0.0800. The van der Waals surface area contributed by atoms with Crippen LogP contribution in [0.15, 0.2) is 0 Å². The number of hydrogen-bond acceptors (Lipinski definition) is 2. The molecule has 0 amide bonds. The van der Waals surface area contributed by atoms with Crippen molar-refractivity contribution in [2.45, 2.75) is 52.1 Å². The third-order valence-corrected chi connectivity index (χ3v) is 2.87. The molecular formula is C11H24N2. The van der Waals surface area contributed by atoms with Gasteiger partial charge in [0, 0.05) is 18.6 Å². The second kappa shape index (κ2) is 4.97. The zero-order valence-electron chi connectivity index (χ0n) is 9.29. The Labute approximate surface area is 82.5 Å². The Morgan fingerprint density at radius 3 is 2.54 bits per heavy atom. The summed E-state index contributed by atoms with van der Waals surface area (Å²) in [6, 6.07) is 0.968. The summed E-state index contributed by atoms with van der Waals surface area (Å²) in [5, 5.41) is 0. The van der Waals surface area contributed by atoms with E-state index in [1.807, 2.05) is 0 Å². The maximum Gasteiger partial charge on any atom is 0.0244 e. The molecule has 1 fully saturated rings. The molecule has 1 saturated heterocycles. The number of piperidine rings is 1. The van der Waals surface area contributed by atoms with E-state index in [1.165, 1.54) is 32.4 Å². The van der Waals surface area contributed by atoms with Gasteiger partial charge in [-0.1, -0.05) is 20.3 Å². The highest BCUT2D eigenvalue weighted by molar-refractivity contribution is 4.83. The zero-order chi connectivity index (χ0) is 9.84. The monoisotopic (exact) mass is 184 g/mol. The van der Waals surface area contributed by atoms with Crippen molar-refractivity contribution < 1.29 is 0 Å². The van der Waals surface area contributed by atoms with Crippen LogP contribution in [0.4, 0.5) is 0 Å². The molecule has 0 unspecified atom stereocenters. The topological polar surface area (TPSA) is 29.3 Å². The van der Waals surface area contributed by atoms with E-state index in [2.05, 4.69) is 25.7 Å². The van der Waals surface area contributed by atoms with Gasteiger partial charge < -0.3 is 5.73 Å². The van der Waals surface area contributed by atoms with Gasteiger partial charge in [0.2, 0.25) is 0 Å². The van der Waals surface area contributed by atoms with Gasteiger partial charge in [-0.3, -0.25) is 4.90 Å². The molecule has 2 heteroatoms. The van der Waals surface area contributed by atoms with Gasteiger partial charge in [0.25, 0.3) is 0 Å². The molecule has 13 heavy (non-hydrogen) atoms. The van der Waals surface area contributed by atoms with Gasteiger partial charge in [0.05, 0.1) is 0 Å². The summed E-state index contributed by atoms with van der Waals surface area (Å²) in [4.78, 5) is 2.58. The Balaban J connectivity index is 2.46. The van der Waals surface area contributed by atoms with Gasteiger partial charge in [0.1, 0.15) is 0 Å². The Morgan fingerprint density at radius 2 is 2.00 bits per heavy atom. The van der Waals surface area contributed by atoms with Crippen molar-refractivity contribution >= 4 is 0 Å². The molecular weight excluding hydrogens is 160 g/mol. The fraction of sp³-hybridized carbons (Fsp3) is 1.00. The lowest BCUT2D eigenvalue weighted by Gasteiger charge is -2.39. The standard InChI is InChI=1S/C11H24N2/c1-9(2)8-13-7-5-4-6-11(13)10(3)12/h9-11H,4-8,12H2,1-3H3/t10-,11+/m1/s1. The van der Waals surface area contributed by atoms with Crippen molar-refractivity contribution in [3.63, 3.8) is 0 Å². The van der Waals surface area contributed by atoms with Crippen molar-refractivity contribution in [2.24, 2.45) is 11.7 Å². The normalized spacial score (nSPS) is 27.9. The van der Waals surface area contributed by atoms with E-state index in [1.54, 1.807) is 0 Å². The molecule has 1 heterocycles. The molecule has 0 radical (unpaired) electrons. The highest BCUT2D eigenvalue weighted by Gasteiger charge is 2.25. The molecule has 1 aliphatic heterocycles. The lowest BCUT2D eigenvalue weighted by atomic mass is 9.96. The van der Waals surface area contributed by atoms with Gasteiger partial charge in [-0.25, -0.2) is 0 Å². The molecule has 1 rings (SSSR count). The lowest BCUT2D eigenvalue weighted by Crippen LogP contribution is -2.50. The molecule has 0 aromatic rings. The van der Waals surface area contributed by atoms with Crippen LogP contribution in [-0.2, 0) is 0 Å². The number of nitrogens with two attached hydrogens (primary N) is 1. The first-order valence-electron chi connectivity index (χ1n) is 5.61. The minimum atomic E-state index is 0.332. The first-order chi connectivity index (χ1) is 6.11. The smallest absolute Gasteiger partial charge is 0.0244 e. The Morgan fingerprint density at radius 1 is 1.31 bits per heavy atom. The molecule has 2 nitrogen and oxygen atoms in total. The molecule has 0 aromatic carbocycles. The largest absolute Gasteiger partial charge is 0.327 e. The molecule has 0 spiro atoms. The van der Waals surface area contributed by atoms with Crippen LogP contribution < -0.4 is 5.73 Å². The molecule has 0 aromatic heterocycles. The van der Waals surface area contributed by atoms with E-state index in [4.69, 9.17) is 5.73 Å². The molecule has 0 aliphatic carbocycles. The van der Waals surface area contributed by atoms with Crippen LogP contribution in [0.1, 0.15) is 40.0 Å². The van der Waals surface area contributed by atoms with Crippen LogP contribution in [-0.4, -0.2) is 30.1 Å². The number of likely N-dealkylation sites (tertiary alicyclic amines) is 1. The first-order valence-corrected chi connectivity index (χ1v) is 5.61. The fourth-order valence-corrected chi connectivity index (χ4v) is 2.31. The van der Waals surface area contributed by atoms with E-state index in [9.17, 15) is 0 Å². The first kappa shape index (κ1) is 11.0. The third kappa shape index (κ3) is 3.28. The van der Waals surface area contributed by atoms with Crippen LogP contribution in [0.3, 0.4) is 0 Å². The van der Waals surface area contributed by atoms with E-state index in [0.29, 0.717) is 12.1 Å². The molecule has 0 saturated carbocycles. The van der Waals surface area contributed by atoms with Crippen molar-refractivity contribution in [3.8, 4) is 0 Å². The van der Waals surface area contributed by atoms with E-state index < -0.39 is 0 Å². The predicted molar refractivity (Wildman–Crippen MR) is 57.7 cm³/mol. The molecule has 0 bridgehead atoms. The van der Waals surface area contributed by atoms with Gasteiger partial charge in [-0.05, 0) is 32.2 Å². The van der Waals surface area contributed by atoms with Crippen LogP contribution in [0.5, 0.6) is 0 Å². The summed E-state index contributed by atoms with van der Waals surface area (Å²) in [6.07, 6.45) is 4.02. The van der Waals surface area contributed by atoms with Gasteiger partial charge in [0.15, 0.2) is 0 Å². The average Bonchev–Trinajstić information content (AvgIpc) is 2.03. The summed E-state index contributed by atoms with van der Waals surface area (Å²) in [5.74, 6) is 0.763. The average molecular weight is 184 g/mol. The minimum Gasteiger partial charge on any atom is -0.327 e. The van der Waals surface area contributed by atoms with Gasteiger partial charge in [-0.15, -0.1) is 0 Å². The van der Waals surface area contributed by atoms with Crippen molar-refractivity contribution in [1.29, 1.82) is 0 Å². The van der Waals surface area contributed by atoms with Gasteiger partial charge >= 0.3 is 0 Å². The number of hydrogen-bond donors (Lipinski definition) is 1. The summed E-state index contributed by atoms with van der Waals surface area (Å²) in [6.45, 7) is 9.18. The van der Waals surface area contributed by atoms with Gasteiger partial charge in [-0.2, -0.15) is 0 Å². The fourth-order valence-electron chi connectivity index (χ4n) is 2.31. The minimum absolute atomic E-state index is 0.332. The summed E-state index contributed by atoms with van der Waals surface area (Å²) >= 11 is 0. The molecule has 1 aliphatic rings. The van der Waals surface area contributed by atoms with Crippen molar-refractivity contribution in [1.82, 2.24) is 4.90 Å². The maximum absolute atomic E-state index is 5.99. The quantitative estimate of drug-likeness (QED) is 0.725. The summed E-state index contributed by atoms with van der Waals surface area (Å²) in [5.41, 5.74) is 5.99. The van der Waals surface area contributed by atoms with Crippen molar-refractivity contribution in [2.75, 3.05) is 13.1 Å². The van der Waals surface area contributed by atoms with Crippen molar-refractivity contribution in [3.05, 3.63) is 0 Å². The predicted octanol–water partition coefficient (Wildman–Crippen LogP) is 1.84. The summed E-state index contributed by atoms with van der Waals surface area (Å²) in [7, 11) is 0. The van der Waals surface area contributed by atoms with E-state index >= 15 is 0 Å². The SMILES string of the molecule is CC(C)CN1CCCC[C@H]1[C@@H](C)N. The number of rotatable bonds is 3. The molecule has 78 valence electrons. The van der Waals surface area contributed by atoms with Crippen LogP contribution in [0, 0.1) is 5.92 Å². The zero-order valence-corrected chi connectivity index (χ0v) is 9.29. The Kier molecular flexibility index (Phi) is 4.20. The molecule has 2 N–H and O–H groups in total. The van der Waals surface area contributed by atoms with Crippen LogP contribution in [0.2, 0.25) is 0 Å². The second-order valence-electron chi connectivity index (χ2n) is 4.81. The third-order valence-electron chi connectivity index (χ3n) is 2.87. The highest BCUT2D eigenvalue weighted by atomic mass is 15.2. The molecule has 2 atom stereocenters.